The number of aryl methyl sites for hydroxylation is 1. The minimum absolute atomic E-state index is 0.567. The Morgan fingerprint density at radius 3 is 2.82 bits per heavy atom. The number of benzene rings is 1. The first-order valence-corrected chi connectivity index (χ1v) is 7.20. The van der Waals surface area contributed by atoms with Gasteiger partial charge in [-0.15, -0.1) is 0 Å². The predicted octanol–water partition coefficient (Wildman–Crippen LogP) is 2.95. The van der Waals surface area contributed by atoms with E-state index in [1.54, 1.807) is 0 Å². The van der Waals surface area contributed by atoms with Gasteiger partial charge in [0.1, 0.15) is 0 Å². The van der Waals surface area contributed by atoms with E-state index in [1.165, 1.54) is 54.7 Å². The third-order valence-electron chi connectivity index (χ3n) is 4.11. The Kier molecular flexibility index (Phi) is 2.91. The van der Waals surface area contributed by atoms with Gasteiger partial charge in [0.25, 0.3) is 0 Å². The average molecular weight is 295 g/mol. The number of piperidine rings is 1. The van der Waals surface area contributed by atoms with Crippen molar-refractivity contribution in [3.8, 4) is 0 Å². The molecule has 0 aromatic heterocycles. The molecule has 1 spiro atoms. The fourth-order valence-electron chi connectivity index (χ4n) is 3.21. The van der Waals surface area contributed by atoms with E-state index < -0.39 is 0 Å². The van der Waals surface area contributed by atoms with Crippen molar-refractivity contribution in [2.24, 2.45) is 5.41 Å². The summed E-state index contributed by atoms with van der Waals surface area (Å²) in [6.45, 7) is 7.06. The zero-order chi connectivity index (χ0) is 11.9. The summed E-state index contributed by atoms with van der Waals surface area (Å²) in [5, 5.41) is 3.54. The summed E-state index contributed by atoms with van der Waals surface area (Å²) >= 11 is 3.53. The highest BCUT2D eigenvalue weighted by molar-refractivity contribution is 9.10. The van der Waals surface area contributed by atoms with Crippen LogP contribution in [-0.2, 0) is 0 Å². The van der Waals surface area contributed by atoms with Crippen molar-refractivity contribution >= 4 is 21.6 Å². The normalized spacial score (nSPS) is 22.6. The van der Waals surface area contributed by atoms with Crippen LogP contribution in [0.3, 0.4) is 0 Å². The Hall–Kier alpha value is -0.540. The van der Waals surface area contributed by atoms with Crippen molar-refractivity contribution < 1.29 is 0 Å². The second-order valence-electron chi connectivity index (χ2n) is 5.57. The van der Waals surface area contributed by atoms with Gasteiger partial charge in [0.05, 0.1) is 0 Å². The zero-order valence-corrected chi connectivity index (χ0v) is 11.9. The lowest BCUT2D eigenvalue weighted by atomic mass is 9.73. The SMILES string of the molecule is Cc1cc(Br)ccc1N1CC2(CCCNC2)C1. The molecule has 0 bridgehead atoms. The van der Waals surface area contributed by atoms with Crippen molar-refractivity contribution in [2.45, 2.75) is 19.8 Å². The van der Waals surface area contributed by atoms with Gasteiger partial charge in [-0.2, -0.15) is 0 Å². The number of rotatable bonds is 1. The first-order valence-electron chi connectivity index (χ1n) is 6.40. The Morgan fingerprint density at radius 2 is 2.18 bits per heavy atom. The maximum absolute atomic E-state index is 3.54. The van der Waals surface area contributed by atoms with Crippen LogP contribution >= 0.6 is 15.9 Å². The summed E-state index contributed by atoms with van der Waals surface area (Å²) in [6, 6.07) is 6.59. The Labute approximate surface area is 112 Å². The van der Waals surface area contributed by atoms with Gasteiger partial charge in [0.15, 0.2) is 0 Å². The second-order valence-corrected chi connectivity index (χ2v) is 6.48. The molecular formula is C14H19BrN2. The van der Waals surface area contributed by atoms with Crippen molar-refractivity contribution in [1.82, 2.24) is 5.32 Å². The molecule has 2 aliphatic rings. The summed E-state index contributed by atoms with van der Waals surface area (Å²) in [5.74, 6) is 0. The highest BCUT2D eigenvalue weighted by Gasteiger charge is 2.43. The minimum atomic E-state index is 0.567. The van der Waals surface area contributed by atoms with Gasteiger partial charge in [-0.1, -0.05) is 15.9 Å². The van der Waals surface area contributed by atoms with Crippen molar-refractivity contribution in [3.63, 3.8) is 0 Å². The fraction of sp³-hybridized carbons (Fsp3) is 0.571. The molecule has 2 aliphatic heterocycles. The summed E-state index contributed by atoms with van der Waals surface area (Å²) in [4.78, 5) is 2.52. The van der Waals surface area contributed by atoms with Crippen LogP contribution < -0.4 is 10.2 Å². The van der Waals surface area contributed by atoms with E-state index in [4.69, 9.17) is 0 Å². The topological polar surface area (TPSA) is 15.3 Å². The van der Waals surface area contributed by atoms with Gasteiger partial charge in [-0.3, -0.25) is 0 Å². The van der Waals surface area contributed by atoms with Crippen LogP contribution in [0, 0.1) is 12.3 Å². The van der Waals surface area contributed by atoms with Gasteiger partial charge in [-0.25, -0.2) is 0 Å². The lowest BCUT2D eigenvalue weighted by Gasteiger charge is -2.54. The average Bonchev–Trinajstić information content (AvgIpc) is 2.27. The molecule has 2 fully saturated rings. The molecule has 17 heavy (non-hydrogen) atoms. The Morgan fingerprint density at radius 1 is 1.35 bits per heavy atom. The van der Waals surface area contributed by atoms with Crippen LogP contribution in [0.4, 0.5) is 5.69 Å². The van der Waals surface area contributed by atoms with Crippen LogP contribution in [0.25, 0.3) is 0 Å². The van der Waals surface area contributed by atoms with Crippen molar-refractivity contribution in [3.05, 3.63) is 28.2 Å². The molecule has 2 heterocycles. The highest BCUT2D eigenvalue weighted by Crippen LogP contribution is 2.40. The van der Waals surface area contributed by atoms with Gasteiger partial charge in [0, 0.05) is 35.2 Å². The van der Waals surface area contributed by atoms with Crippen LogP contribution in [0.1, 0.15) is 18.4 Å². The standard InChI is InChI=1S/C14H19BrN2/c1-11-7-12(15)3-4-13(11)17-9-14(10-17)5-2-6-16-8-14/h3-4,7,16H,2,5-6,8-10H2,1H3. The number of hydrogen-bond donors (Lipinski definition) is 1. The molecule has 0 radical (unpaired) electrons. The summed E-state index contributed by atoms with van der Waals surface area (Å²) in [6.07, 6.45) is 2.74. The fourth-order valence-corrected chi connectivity index (χ4v) is 3.68. The molecule has 1 aromatic rings. The maximum Gasteiger partial charge on any atom is 0.0397 e. The van der Waals surface area contributed by atoms with E-state index >= 15 is 0 Å². The third kappa shape index (κ3) is 2.11. The smallest absolute Gasteiger partial charge is 0.0397 e. The lowest BCUT2D eigenvalue weighted by molar-refractivity contribution is 0.156. The van der Waals surface area contributed by atoms with Crippen LogP contribution in [-0.4, -0.2) is 26.2 Å². The molecule has 0 saturated carbocycles. The maximum atomic E-state index is 3.54. The van der Waals surface area contributed by atoms with E-state index in [-0.39, 0.29) is 0 Å². The third-order valence-corrected chi connectivity index (χ3v) is 4.61. The van der Waals surface area contributed by atoms with E-state index in [9.17, 15) is 0 Å². The Bertz CT molecular complexity index is 416. The van der Waals surface area contributed by atoms with Crippen molar-refractivity contribution in [1.29, 1.82) is 0 Å². The van der Waals surface area contributed by atoms with Crippen molar-refractivity contribution in [2.75, 3.05) is 31.1 Å². The van der Waals surface area contributed by atoms with Crippen LogP contribution in [0.5, 0.6) is 0 Å². The van der Waals surface area contributed by atoms with E-state index in [0.29, 0.717) is 5.41 Å². The molecule has 0 aliphatic carbocycles. The molecule has 1 aromatic carbocycles. The molecule has 0 unspecified atom stereocenters. The predicted molar refractivity (Wildman–Crippen MR) is 75.6 cm³/mol. The summed E-state index contributed by atoms with van der Waals surface area (Å²) < 4.78 is 1.17. The number of hydrogen-bond acceptors (Lipinski definition) is 2. The summed E-state index contributed by atoms with van der Waals surface area (Å²) in [7, 11) is 0. The monoisotopic (exact) mass is 294 g/mol. The lowest BCUT2D eigenvalue weighted by Crippen LogP contribution is -2.62. The number of anilines is 1. The molecule has 3 rings (SSSR count). The van der Waals surface area contributed by atoms with Crippen LogP contribution in [0.15, 0.2) is 22.7 Å². The summed E-state index contributed by atoms with van der Waals surface area (Å²) in [5.41, 5.74) is 3.35. The number of nitrogens with zero attached hydrogens (tertiary/aromatic N) is 1. The van der Waals surface area contributed by atoms with Gasteiger partial charge in [-0.05, 0) is 50.1 Å². The minimum Gasteiger partial charge on any atom is -0.370 e. The van der Waals surface area contributed by atoms with Gasteiger partial charge >= 0.3 is 0 Å². The molecule has 1 N–H and O–H groups in total. The molecule has 2 nitrogen and oxygen atoms in total. The molecule has 92 valence electrons. The second kappa shape index (κ2) is 4.29. The largest absolute Gasteiger partial charge is 0.370 e. The molecule has 0 atom stereocenters. The van der Waals surface area contributed by atoms with Crippen LogP contribution in [0.2, 0.25) is 0 Å². The van der Waals surface area contributed by atoms with Gasteiger partial charge < -0.3 is 10.2 Å². The first-order chi connectivity index (χ1) is 8.19. The number of halogens is 1. The van der Waals surface area contributed by atoms with Gasteiger partial charge in [0.2, 0.25) is 0 Å². The first kappa shape index (κ1) is 11.5. The molecule has 3 heteroatoms. The number of nitrogens with one attached hydrogen (secondary N) is 1. The molecule has 2 saturated heterocycles. The highest BCUT2D eigenvalue weighted by atomic mass is 79.9. The molecule has 0 amide bonds. The van der Waals surface area contributed by atoms with E-state index in [0.717, 1.165) is 0 Å². The van der Waals surface area contributed by atoms with E-state index in [1.807, 2.05) is 0 Å². The quantitative estimate of drug-likeness (QED) is 0.857. The molecular weight excluding hydrogens is 276 g/mol. The zero-order valence-electron chi connectivity index (χ0n) is 10.3. The Balaban J connectivity index is 1.72. The van der Waals surface area contributed by atoms with E-state index in [2.05, 4.69) is 51.3 Å².